The molecule has 29 heavy (non-hydrogen) atoms. The molecule has 2 aliphatic rings. The second kappa shape index (κ2) is 7.28. The predicted molar refractivity (Wildman–Crippen MR) is 113 cm³/mol. The van der Waals surface area contributed by atoms with E-state index in [4.69, 9.17) is 49.0 Å². The van der Waals surface area contributed by atoms with Crippen LogP contribution in [0.3, 0.4) is 0 Å². The Morgan fingerprint density at radius 1 is 0.655 bits per heavy atom. The Kier molecular flexibility index (Phi) is 4.86. The molecule has 0 N–H and O–H groups in total. The molecule has 3 atom stereocenters. The average Bonchev–Trinajstić information content (AvgIpc) is 3.24. The molecule has 0 saturated carbocycles. The molecule has 6 heteroatoms. The molecule has 3 aromatic rings. The zero-order valence-electron chi connectivity index (χ0n) is 15.3. The third kappa shape index (κ3) is 3.09. The summed E-state index contributed by atoms with van der Waals surface area (Å²) in [5.74, 6) is -1.10. The molecule has 148 valence electrons. The molecule has 0 radical (unpaired) electrons. The van der Waals surface area contributed by atoms with E-state index in [1.54, 1.807) is 0 Å². The van der Waals surface area contributed by atoms with Crippen molar-refractivity contribution in [3.8, 4) is 0 Å². The first-order chi connectivity index (χ1) is 14.0. The number of fused-ring (bicyclic) bond motifs is 1. The third-order valence-corrected chi connectivity index (χ3v) is 6.31. The SMILES string of the molecule is Clc1ccc([C@H]2O[C@]3(c4ccc(Cl)cc4)OCC[C@]3(c3ccc(Cl)cc3)O2)cc1. The van der Waals surface area contributed by atoms with Crippen molar-refractivity contribution in [3.05, 3.63) is 105 Å². The Balaban J connectivity index is 1.66. The maximum absolute atomic E-state index is 6.65. The van der Waals surface area contributed by atoms with Crippen molar-refractivity contribution in [2.24, 2.45) is 0 Å². The number of hydrogen-bond acceptors (Lipinski definition) is 3. The van der Waals surface area contributed by atoms with Crippen molar-refractivity contribution in [1.82, 2.24) is 0 Å². The number of rotatable bonds is 3. The summed E-state index contributed by atoms with van der Waals surface area (Å²) in [6, 6.07) is 22.6. The van der Waals surface area contributed by atoms with Crippen LogP contribution in [0.5, 0.6) is 0 Å². The van der Waals surface area contributed by atoms with Crippen molar-refractivity contribution in [2.75, 3.05) is 6.61 Å². The molecule has 2 aliphatic heterocycles. The number of ether oxygens (including phenoxy) is 3. The van der Waals surface area contributed by atoms with Gasteiger partial charge in [0.2, 0.25) is 5.79 Å². The highest BCUT2D eigenvalue weighted by atomic mass is 35.5. The molecule has 2 fully saturated rings. The van der Waals surface area contributed by atoms with Crippen LogP contribution in [0.15, 0.2) is 72.8 Å². The molecular weight excluding hydrogens is 431 g/mol. The van der Waals surface area contributed by atoms with Crippen LogP contribution in [-0.2, 0) is 25.6 Å². The number of halogens is 3. The lowest BCUT2D eigenvalue weighted by Crippen LogP contribution is -2.43. The summed E-state index contributed by atoms with van der Waals surface area (Å²) in [6.45, 7) is 0.499. The number of benzene rings is 3. The highest BCUT2D eigenvalue weighted by Gasteiger charge is 2.67. The first kappa shape index (κ1) is 19.4. The van der Waals surface area contributed by atoms with Gasteiger partial charge >= 0.3 is 0 Å². The van der Waals surface area contributed by atoms with E-state index >= 15 is 0 Å². The minimum atomic E-state index is -1.10. The summed E-state index contributed by atoms with van der Waals surface area (Å²) in [6.07, 6.45) is 0.0281. The lowest BCUT2D eigenvalue weighted by molar-refractivity contribution is -0.231. The van der Waals surface area contributed by atoms with Crippen molar-refractivity contribution in [2.45, 2.75) is 24.1 Å². The first-order valence-corrected chi connectivity index (χ1v) is 10.4. The van der Waals surface area contributed by atoms with Gasteiger partial charge in [-0.3, -0.25) is 0 Å². The van der Waals surface area contributed by atoms with Gasteiger partial charge in [-0.2, -0.15) is 0 Å². The Morgan fingerprint density at radius 2 is 1.17 bits per heavy atom. The van der Waals surface area contributed by atoms with E-state index in [1.165, 1.54) is 0 Å². The van der Waals surface area contributed by atoms with Crippen molar-refractivity contribution >= 4 is 34.8 Å². The summed E-state index contributed by atoms with van der Waals surface area (Å²) >= 11 is 18.3. The van der Waals surface area contributed by atoms with Crippen LogP contribution in [0.2, 0.25) is 15.1 Å². The minimum Gasteiger partial charge on any atom is -0.343 e. The van der Waals surface area contributed by atoms with Crippen LogP contribution in [0.25, 0.3) is 0 Å². The number of hydrogen-bond donors (Lipinski definition) is 0. The zero-order valence-corrected chi connectivity index (χ0v) is 17.5. The van der Waals surface area contributed by atoms with Crippen molar-refractivity contribution < 1.29 is 14.2 Å². The third-order valence-electron chi connectivity index (χ3n) is 5.55. The molecule has 3 aromatic carbocycles. The second-order valence-electron chi connectivity index (χ2n) is 7.18. The molecule has 2 saturated heterocycles. The highest BCUT2D eigenvalue weighted by Crippen LogP contribution is 2.62. The van der Waals surface area contributed by atoms with E-state index in [-0.39, 0.29) is 0 Å². The molecule has 2 heterocycles. The van der Waals surface area contributed by atoms with Gasteiger partial charge in [0.05, 0.1) is 6.61 Å². The van der Waals surface area contributed by atoms with E-state index in [1.807, 2.05) is 72.8 Å². The van der Waals surface area contributed by atoms with Crippen LogP contribution in [-0.4, -0.2) is 6.61 Å². The van der Waals surface area contributed by atoms with Gasteiger partial charge in [-0.25, -0.2) is 0 Å². The maximum atomic E-state index is 6.65. The van der Waals surface area contributed by atoms with Crippen LogP contribution >= 0.6 is 34.8 Å². The predicted octanol–water partition coefficient (Wildman–Crippen LogP) is 6.86. The normalized spacial score (nSPS) is 28.4. The standard InChI is InChI=1S/C23H17Cl3O3/c24-18-7-1-15(2-8-18)21-28-22(16-3-9-19(25)10-4-16)13-14-27-23(22,29-21)17-5-11-20(26)12-6-17/h1-12,21H,13-14H2/t21-,22-,23+/m1/s1. The van der Waals surface area contributed by atoms with E-state index in [0.29, 0.717) is 28.1 Å². The van der Waals surface area contributed by atoms with Crippen LogP contribution in [0.4, 0.5) is 0 Å². The van der Waals surface area contributed by atoms with Crippen LogP contribution < -0.4 is 0 Å². The van der Waals surface area contributed by atoms with Gasteiger partial charge in [-0.15, -0.1) is 0 Å². The lowest BCUT2D eigenvalue weighted by Gasteiger charge is -2.36. The fraction of sp³-hybridized carbons (Fsp3) is 0.217. The summed E-state index contributed by atoms with van der Waals surface area (Å²) < 4.78 is 19.5. The molecule has 5 rings (SSSR count). The monoisotopic (exact) mass is 446 g/mol. The zero-order chi connectivity index (χ0) is 20.1. The molecule has 0 aromatic heterocycles. The van der Waals surface area contributed by atoms with Gasteiger partial charge in [0.15, 0.2) is 11.9 Å². The molecule has 3 nitrogen and oxygen atoms in total. The maximum Gasteiger partial charge on any atom is 0.232 e. The van der Waals surface area contributed by atoms with Gasteiger partial charge in [0, 0.05) is 32.6 Å². The largest absolute Gasteiger partial charge is 0.343 e. The van der Waals surface area contributed by atoms with Gasteiger partial charge < -0.3 is 14.2 Å². The van der Waals surface area contributed by atoms with Crippen LogP contribution in [0, 0.1) is 0 Å². The van der Waals surface area contributed by atoms with Crippen molar-refractivity contribution in [1.29, 1.82) is 0 Å². The average molecular weight is 448 g/mol. The summed E-state index contributed by atoms with van der Waals surface area (Å²) in [4.78, 5) is 0. The Bertz CT molecular complexity index is 959. The van der Waals surface area contributed by atoms with E-state index in [2.05, 4.69) is 0 Å². The Labute approximate surface area is 184 Å². The summed E-state index contributed by atoms with van der Waals surface area (Å²) in [5, 5.41) is 1.96. The Hall–Kier alpha value is -1.59. The van der Waals surface area contributed by atoms with Gasteiger partial charge in [0.25, 0.3) is 0 Å². The quantitative estimate of drug-likeness (QED) is 0.439. The molecular formula is C23H17Cl3O3. The second-order valence-corrected chi connectivity index (χ2v) is 8.48. The van der Waals surface area contributed by atoms with Crippen LogP contribution in [0.1, 0.15) is 29.4 Å². The fourth-order valence-corrected chi connectivity index (χ4v) is 4.55. The minimum absolute atomic E-state index is 0.499. The molecule has 0 unspecified atom stereocenters. The highest BCUT2D eigenvalue weighted by molar-refractivity contribution is 6.31. The van der Waals surface area contributed by atoms with E-state index < -0.39 is 17.7 Å². The van der Waals surface area contributed by atoms with E-state index in [9.17, 15) is 0 Å². The topological polar surface area (TPSA) is 27.7 Å². The van der Waals surface area contributed by atoms with E-state index in [0.717, 1.165) is 16.7 Å². The van der Waals surface area contributed by atoms with Gasteiger partial charge in [-0.05, 0) is 42.0 Å². The van der Waals surface area contributed by atoms with Crippen molar-refractivity contribution in [3.63, 3.8) is 0 Å². The van der Waals surface area contributed by atoms with Gasteiger partial charge in [0.1, 0.15) is 0 Å². The fourth-order valence-electron chi connectivity index (χ4n) is 4.17. The molecule has 0 spiro atoms. The molecule has 0 bridgehead atoms. The summed E-state index contributed by atoms with van der Waals surface area (Å²) in [7, 11) is 0. The Morgan fingerprint density at radius 3 is 1.76 bits per heavy atom. The molecule has 0 amide bonds. The smallest absolute Gasteiger partial charge is 0.232 e. The molecule has 0 aliphatic carbocycles. The first-order valence-electron chi connectivity index (χ1n) is 9.30. The lowest BCUT2D eigenvalue weighted by atomic mass is 9.81. The van der Waals surface area contributed by atoms with Gasteiger partial charge in [-0.1, -0.05) is 71.2 Å². The summed E-state index contributed by atoms with van der Waals surface area (Å²) in [5.41, 5.74) is 1.85.